The van der Waals surface area contributed by atoms with Gasteiger partial charge in [-0.15, -0.1) is 0 Å². The van der Waals surface area contributed by atoms with Crippen molar-refractivity contribution in [3.8, 4) is 0 Å². The Morgan fingerprint density at radius 3 is 1.38 bits per heavy atom. The second-order valence-corrected chi connectivity index (χ2v) is 10.5. The molecule has 0 bridgehead atoms. The summed E-state index contributed by atoms with van der Waals surface area (Å²) in [5, 5.41) is 9.41. The van der Waals surface area contributed by atoms with Crippen LogP contribution < -0.4 is 0 Å². The van der Waals surface area contributed by atoms with Gasteiger partial charge in [0.1, 0.15) is 11.9 Å². The van der Waals surface area contributed by atoms with Crippen molar-refractivity contribution in [2.75, 3.05) is 5.75 Å². The Labute approximate surface area is 179 Å². The number of carbonyl (C=O) groups is 1. The zero-order valence-corrected chi connectivity index (χ0v) is 19.7. The topological polar surface area (TPSA) is 91.7 Å². The quantitative estimate of drug-likeness (QED) is 0.168. The Hall–Kier alpha value is -0.460. The van der Waals surface area contributed by atoms with Crippen molar-refractivity contribution >= 4 is 15.9 Å². The van der Waals surface area contributed by atoms with Gasteiger partial charge in [-0.1, -0.05) is 110 Å². The predicted octanol–water partition coefficient (Wildman–Crippen LogP) is 6.09. The third-order valence-electron chi connectivity index (χ3n) is 5.44. The van der Waals surface area contributed by atoms with Crippen LogP contribution in [0.25, 0.3) is 0 Å². The van der Waals surface area contributed by atoms with Crippen LogP contribution in [0.1, 0.15) is 123 Å². The molecule has 0 aromatic heterocycles. The summed E-state index contributed by atoms with van der Waals surface area (Å²) in [5.74, 6) is -0.554. The molecule has 0 radical (unpaired) electrons. The molecule has 0 spiro atoms. The molecule has 1 atom stereocenters. The lowest BCUT2D eigenvalue weighted by Gasteiger charge is -2.07. The van der Waals surface area contributed by atoms with Crippen molar-refractivity contribution in [3.63, 3.8) is 0 Å². The molecule has 0 aromatic rings. The SMILES string of the molecule is CC(C)CCCCCCCCCCCCCCCCCC(=O)[C@H](O)CS(=O)(=O)O. The van der Waals surface area contributed by atoms with Crippen molar-refractivity contribution in [1.29, 1.82) is 0 Å². The number of hydrogen-bond donors (Lipinski definition) is 2. The molecule has 0 amide bonds. The monoisotopic (exact) mass is 434 g/mol. The molecule has 0 aromatic carbocycles. The summed E-state index contributed by atoms with van der Waals surface area (Å²) in [6.07, 6.45) is 18.6. The van der Waals surface area contributed by atoms with E-state index in [0.717, 1.165) is 25.2 Å². The van der Waals surface area contributed by atoms with Gasteiger partial charge in [0.2, 0.25) is 0 Å². The van der Waals surface area contributed by atoms with Gasteiger partial charge in [0.05, 0.1) is 0 Å². The Morgan fingerprint density at radius 2 is 1.03 bits per heavy atom. The highest BCUT2D eigenvalue weighted by Crippen LogP contribution is 2.15. The van der Waals surface area contributed by atoms with E-state index in [0.29, 0.717) is 6.42 Å². The van der Waals surface area contributed by atoms with Gasteiger partial charge in [0.25, 0.3) is 10.1 Å². The van der Waals surface area contributed by atoms with Crippen LogP contribution in [0.3, 0.4) is 0 Å². The molecule has 0 aliphatic carbocycles. The van der Waals surface area contributed by atoms with Gasteiger partial charge in [-0.2, -0.15) is 8.42 Å². The summed E-state index contributed by atoms with van der Waals surface area (Å²) in [6.45, 7) is 4.60. The number of aliphatic hydroxyl groups is 1. The molecule has 6 heteroatoms. The second kappa shape index (κ2) is 18.3. The zero-order valence-electron chi connectivity index (χ0n) is 18.9. The van der Waals surface area contributed by atoms with E-state index in [2.05, 4.69) is 13.8 Å². The first-order chi connectivity index (χ1) is 13.7. The minimum atomic E-state index is -4.30. The van der Waals surface area contributed by atoms with Crippen molar-refractivity contribution in [2.24, 2.45) is 5.92 Å². The van der Waals surface area contributed by atoms with E-state index in [1.165, 1.54) is 77.0 Å². The van der Waals surface area contributed by atoms with Crippen LogP contribution in [-0.2, 0) is 14.9 Å². The lowest BCUT2D eigenvalue weighted by Crippen LogP contribution is -2.28. The normalized spacial score (nSPS) is 13.1. The third kappa shape index (κ3) is 22.1. The summed E-state index contributed by atoms with van der Waals surface area (Å²) in [4.78, 5) is 11.6. The smallest absolute Gasteiger partial charge is 0.267 e. The fourth-order valence-electron chi connectivity index (χ4n) is 3.61. The average Bonchev–Trinajstić information content (AvgIpc) is 2.62. The first-order valence-electron chi connectivity index (χ1n) is 11.9. The van der Waals surface area contributed by atoms with Crippen LogP contribution in [0.5, 0.6) is 0 Å². The molecule has 0 fully saturated rings. The van der Waals surface area contributed by atoms with Crippen LogP contribution in [0.15, 0.2) is 0 Å². The van der Waals surface area contributed by atoms with Crippen LogP contribution in [0.2, 0.25) is 0 Å². The molecular formula is C23H46O5S. The predicted molar refractivity (Wildman–Crippen MR) is 121 cm³/mol. The molecule has 174 valence electrons. The third-order valence-corrected chi connectivity index (χ3v) is 6.18. The lowest BCUT2D eigenvalue weighted by molar-refractivity contribution is -0.126. The second-order valence-electron chi connectivity index (χ2n) is 8.97. The van der Waals surface area contributed by atoms with E-state index in [1.807, 2.05) is 0 Å². The number of aliphatic hydroxyl groups excluding tert-OH is 1. The largest absolute Gasteiger partial charge is 0.384 e. The Balaban J connectivity index is 3.27. The lowest BCUT2D eigenvalue weighted by atomic mass is 10.0. The average molecular weight is 435 g/mol. The van der Waals surface area contributed by atoms with Crippen molar-refractivity contribution in [1.82, 2.24) is 0 Å². The minimum absolute atomic E-state index is 0.175. The highest BCUT2D eigenvalue weighted by Gasteiger charge is 2.20. The molecule has 5 nitrogen and oxygen atoms in total. The summed E-state index contributed by atoms with van der Waals surface area (Å²) in [7, 11) is -4.30. The van der Waals surface area contributed by atoms with Crippen molar-refractivity contribution in [3.05, 3.63) is 0 Å². The maximum absolute atomic E-state index is 11.6. The fourth-order valence-corrected chi connectivity index (χ4v) is 4.19. The van der Waals surface area contributed by atoms with E-state index < -0.39 is 27.8 Å². The van der Waals surface area contributed by atoms with E-state index in [9.17, 15) is 18.3 Å². The van der Waals surface area contributed by atoms with E-state index in [4.69, 9.17) is 4.55 Å². The van der Waals surface area contributed by atoms with E-state index >= 15 is 0 Å². The fraction of sp³-hybridized carbons (Fsp3) is 0.957. The number of unbranched alkanes of at least 4 members (excludes halogenated alkanes) is 14. The summed E-state index contributed by atoms with van der Waals surface area (Å²) < 4.78 is 29.9. The summed E-state index contributed by atoms with van der Waals surface area (Å²) in [5.41, 5.74) is 0. The first-order valence-corrected chi connectivity index (χ1v) is 13.5. The number of rotatable bonds is 21. The number of hydrogen-bond acceptors (Lipinski definition) is 4. The Bertz CT molecular complexity index is 487. The van der Waals surface area contributed by atoms with E-state index in [-0.39, 0.29) is 6.42 Å². The van der Waals surface area contributed by atoms with Crippen molar-refractivity contribution in [2.45, 2.75) is 129 Å². The maximum Gasteiger partial charge on any atom is 0.267 e. The van der Waals surface area contributed by atoms with Gasteiger partial charge >= 0.3 is 0 Å². The molecule has 0 aliphatic heterocycles. The highest BCUT2D eigenvalue weighted by molar-refractivity contribution is 7.85. The molecule has 0 rings (SSSR count). The zero-order chi connectivity index (χ0) is 22.0. The van der Waals surface area contributed by atoms with Gasteiger partial charge in [-0.3, -0.25) is 9.35 Å². The standard InChI is InChI=1S/C23H46O5S/c1-21(2)18-16-14-12-10-8-6-4-3-5-7-9-11-13-15-17-19-22(24)23(25)20-29(26,27)28/h21,23,25H,3-20H2,1-2H3,(H,26,27,28)/t23-/m1/s1. The number of carbonyl (C=O) groups excluding carboxylic acids is 1. The molecule has 0 unspecified atom stereocenters. The van der Waals surface area contributed by atoms with Crippen LogP contribution in [0, 0.1) is 5.92 Å². The Kier molecular flexibility index (Phi) is 18.0. The van der Waals surface area contributed by atoms with Crippen molar-refractivity contribution < 1.29 is 22.9 Å². The van der Waals surface area contributed by atoms with Crippen LogP contribution in [0.4, 0.5) is 0 Å². The highest BCUT2D eigenvalue weighted by atomic mass is 32.2. The van der Waals surface area contributed by atoms with Gasteiger partial charge in [0.15, 0.2) is 5.78 Å². The van der Waals surface area contributed by atoms with E-state index in [1.54, 1.807) is 0 Å². The van der Waals surface area contributed by atoms with Gasteiger partial charge in [-0.05, 0) is 12.3 Å². The molecule has 2 N–H and O–H groups in total. The summed E-state index contributed by atoms with van der Waals surface area (Å²) in [6, 6.07) is 0. The molecule has 0 saturated heterocycles. The number of Topliss-reactive ketones (excluding diaryl/α,β-unsaturated/α-hetero) is 1. The summed E-state index contributed by atoms with van der Waals surface area (Å²) >= 11 is 0. The Morgan fingerprint density at radius 1 is 0.690 bits per heavy atom. The molecule has 0 heterocycles. The molecule has 0 aliphatic rings. The number of ketones is 1. The van der Waals surface area contributed by atoms with Crippen LogP contribution in [-0.4, -0.2) is 35.7 Å². The van der Waals surface area contributed by atoms with Gasteiger partial charge in [-0.25, -0.2) is 0 Å². The van der Waals surface area contributed by atoms with Gasteiger partial charge in [0, 0.05) is 6.42 Å². The molecule has 0 saturated carbocycles. The molecule has 29 heavy (non-hydrogen) atoms. The maximum atomic E-state index is 11.6. The molecular weight excluding hydrogens is 388 g/mol. The minimum Gasteiger partial charge on any atom is -0.384 e. The van der Waals surface area contributed by atoms with Crippen LogP contribution >= 0.6 is 0 Å². The first kappa shape index (κ1) is 28.5. The van der Waals surface area contributed by atoms with Gasteiger partial charge < -0.3 is 5.11 Å².